The van der Waals surface area contributed by atoms with Gasteiger partial charge in [-0.05, 0) is 25.5 Å². The summed E-state index contributed by atoms with van der Waals surface area (Å²) < 4.78 is 2.10. The molecule has 6 heteroatoms. The maximum Gasteiger partial charge on any atom is 0.233 e. The van der Waals surface area contributed by atoms with E-state index in [0.29, 0.717) is 6.04 Å². The molecule has 1 saturated heterocycles. The molecule has 4 rings (SSSR count). The van der Waals surface area contributed by atoms with Crippen LogP contribution >= 0.6 is 11.3 Å². The van der Waals surface area contributed by atoms with E-state index in [1.807, 2.05) is 24.1 Å². The van der Waals surface area contributed by atoms with Crippen LogP contribution in [0.2, 0.25) is 0 Å². The van der Waals surface area contributed by atoms with Gasteiger partial charge in [-0.1, -0.05) is 0 Å². The zero-order valence-corrected chi connectivity index (χ0v) is 11.8. The minimum atomic E-state index is 0.427. The lowest BCUT2D eigenvalue weighted by Crippen LogP contribution is -2.24. The third kappa shape index (κ3) is 2.01. The fraction of sp³-hybridized carbons (Fsp3) is 0.357. The van der Waals surface area contributed by atoms with Gasteiger partial charge < -0.3 is 0 Å². The molecule has 3 aromatic heterocycles. The van der Waals surface area contributed by atoms with Crippen molar-refractivity contribution in [3.63, 3.8) is 0 Å². The topological polar surface area (TPSA) is 46.3 Å². The molecule has 3 aromatic rings. The largest absolute Gasteiger partial charge is 0.289 e. The average molecular weight is 285 g/mol. The third-order valence-corrected chi connectivity index (χ3v) is 4.52. The van der Waals surface area contributed by atoms with Crippen LogP contribution in [0.5, 0.6) is 0 Å². The minimum absolute atomic E-state index is 0.427. The van der Waals surface area contributed by atoms with Gasteiger partial charge in [0.1, 0.15) is 0 Å². The van der Waals surface area contributed by atoms with E-state index in [1.165, 1.54) is 18.5 Å². The van der Waals surface area contributed by atoms with E-state index in [-0.39, 0.29) is 0 Å². The number of nitrogens with zero attached hydrogens (tertiary/aromatic N) is 5. The van der Waals surface area contributed by atoms with Crippen molar-refractivity contribution in [3.05, 3.63) is 46.9 Å². The van der Waals surface area contributed by atoms with Crippen LogP contribution in [0.25, 0.3) is 5.78 Å². The molecule has 0 aliphatic carbocycles. The highest BCUT2D eigenvalue weighted by atomic mass is 32.1. The fourth-order valence-electron chi connectivity index (χ4n) is 3.00. The Hall–Kier alpha value is -1.79. The molecule has 1 aliphatic rings. The van der Waals surface area contributed by atoms with E-state index in [4.69, 9.17) is 0 Å². The van der Waals surface area contributed by atoms with Crippen molar-refractivity contribution in [2.45, 2.75) is 25.4 Å². The van der Waals surface area contributed by atoms with Gasteiger partial charge in [-0.2, -0.15) is 0 Å². The van der Waals surface area contributed by atoms with Crippen molar-refractivity contribution in [2.24, 2.45) is 0 Å². The number of hydrogen-bond acceptors (Lipinski definition) is 5. The van der Waals surface area contributed by atoms with Crippen molar-refractivity contribution in [3.8, 4) is 0 Å². The Kier molecular flexibility index (Phi) is 2.97. The molecule has 0 radical (unpaired) electrons. The Morgan fingerprint density at radius 2 is 2.20 bits per heavy atom. The van der Waals surface area contributed by atoms with Crippen LogP contribution in [0.15, 0.2) is 35.5 Å². The first-order valence-corrected chi connectivity index (χ1v) is 7.75. The molecule has 0 bridgehead atoms. The summed E-state index contributed by atoms with van der Waals surface area (Å²) in [4.78, 5) is 15.5. The predicted molar refractivity (Wildman–Crippen MR) is 77.5 cm³/mol. The summed E-state index contributed by atoms with van der Waals surface area (Å²) in [6.07, 6.45) is 8.08. The number of rotatable bonds is 3. The van der Waals surface area contributed by atoms with Gasteiger partial charge in [-0.25, -0.2) is 15.0 Å². The lowest BCUT2D eigenvalue weighted by molar-refractivity contribution is 0.240. The Labute approximate surface area is 120 Å². The second kappa shape index (κ2) is 4.96. The monoisotopic (exact) mass is 285 g/mol. The molecule has 102 valence electrons. The minimum Gasteiger partial charge on any atom is -0.289 e. The molecule has 1 fully saturated rings. The summed E-state index contributed by atoms with van der Waals surface area (Å²) in [6, 6.07) is 2.54. The number of imidazole rings is 1. The van der Waals surface area contributed by atoms with Gasteiger partial charge in [0.25, 0.3) is 0 Å². The maximum absolute atomic E-state index is 4.41. The zero-order valence-electron chi connectivity index (χ0n) is 11.0. The van der Waals surface area contributed by atoms with Crippen LogP contribution in [0.4, 0.5) is 0 Å². The van der Waals surface area contributed by atoms with Crippen LogP contribution in [0, 0.1) is 0 Å². The average Bonchev–Trinajstić information content (AvgIpc) is 3.19. The summed E-state index contributed by atoms with van der Waals surface area (Å²) >= 11 is 1.66. The SMILES string of the molecule is c1cc(C2CCCN2Cc2cscn2)n2ccnc2n1. The van der Waals surface area contributed by atoms with Gasteiger partial charge in [0.15, 0.2) is 0 Å². The first-order valence-electron chi connectivity index (χ1n) is 6.81. The molecular formula is C14H15N5S. The highest BCUT2D eigenvalue weighted by Crippen LogP contribution is 2.32. The van der Waals surface area contributed by atoms with E-state index in [0.717, 1.165) is 24.6 Å². The van der Waals surface area contributed by atoms with E-state index in [1.54, 1.807) is 11.3 Å². The van der Waals surface area contributed by atoms with Gasteiger partial charge in [0.05, 0.1) is 17.2 Å². The number of aromatic nitrogens is 4. The fourth-order valence-corrected chi connectivity index (χ4v) is 3.55. The van der Waals surface area contributed by atoms with Crippen LogP contribution in [0.1, 0.15) is 30.3 Å². The van der Waals surface area contributed by atoms with E-state index in [9.17, 15) is 0 Å². The number of fused-ring (bicyclic) bond motifs is 1. The van der Waals surface area contributed by atoms with Gasteiger partial charge in [-0.15, -0.1) is 11.3 Å². The Morgan fingerprint density at radius 3 is 3.10 bits per heavy atom. The van der Waals surface area contributed by atoms with Crippen molar-refractivity contribution in [1.29, 1.82) is 0 Å². The van der Waals surface area contributed by atoms with E-state index < -0.39 is 0 Å². The molecule has 20 heavy (non-hydrogen) atoms. The molecule has 0 saturated carbocycles. The molecule has 0 spiro atoms. The molecular weight excluding hydrogens is 270 g/mol. The normalized spacial score (nSPS) is 19.9. The first kappa shape index (κ1) is 12.0. The van der Waals surface area contributed by atoms with Crippen LogP contribution in [0.3, 0.4) is 0 Å². The zero-order chi connectivity index (χ0) is 13.4. The highest BCUT2D eigenvalue weighted by molar-refractivity contribution is 7.07. The van der Waals surface area contributed by atoms with Gasteiger partial charge >= 0.3 is 0 Å². The molecule has 1 aliphatic heterocycles. The maximum atomic E-state index is 4.41. The Balaban J connectivity index is 1.68. The first-order chi connectivity index (χ1) is 9.92. The molecule has 0 amide bonds. The lowest BCUT2D eigenvalue weighted by Gasteiger charge is -2.24. The summed E-state index contributed by atoms with van der Waals surface area (Å²) in [5.74, 6) is 0.781. The molecule has 0 aromatic carbocycles. The van der Waals surface area contributed by atoms with Crippen molar-refractivity contribution in [1.82, 2.24) is 24.3 Å². The van der Waals surface area contributed by atoms with Crippen LogP contribution < -0.4 is 0 Å². The van der Waals surface area contributed by atoms with Gasteiger partial charge in [-0.3, -0.25) is 9.30 Å². The smallest absolute Gasteiger partial charge is 0.233 e. The second-order valence-corrected chi connectivity index (χ2v) is 5.79. The number of likely N-dealkylation sites (tertiary alicyclic amines) is 1. The standard InChI is InChI=1S/C14H15N5S/c1-2-12(18(6-1)8-11-9-20-10-17-11)13-3-4-15-14-16-5-7-19(13)14/h3-5,7,9-10,12H,1-2,6,8H2. The van der Waals surface area contributed by atoms with Crippen LogP contribution in [-0.2, 0) is 6.54 Å². The molecule has 5 nitrogen and oxygen atoms in total. The van der Waals surface area contributed by atoms with Crippen molar-refractivity contribution < 1.29 is 0 Å². The summed E-state index contributed by atoms with van der Waals surface area (Å²) in [7, 11) is 0. The van der Waals surface area contributed by atoms with Crippen molar-refractivity contribution in [2.75, 3.05) is 6.54 Å². The summed E-state index contributed by atoms with van der Waals surface area (Å²) in [6.45, 7) is 2.05. The van der Waals surface area contributed by atoms with Gasteiger partial charge in [0, 0.05) is 36.2 Å². The van der Waals surface area contributed by atoms with Crippen molar-refractivity contribution >= 4 is 17.1 Å². The van der Waals surface area contributed by atoms with Crippen LogP contribution in [-0.4, -0.2) is 30.8 Å². The second-order valence-electron chi connectivity index (χ2n) is 5.08. The summed E-state index contributed by atoms with van der Waals surface area (Å²) in [5.41, 5.74) is 4.35. The van der Waals surface area contributed by atoms with E-state index in [2.05, 4.69) is 35.7 Å². The molecule has 4 heterocycles. The Bertz CT molecular complexity index is 705. The molecule has 1 atom stereocenters. The van der Waals surface area contributed by atoms with E-state index >= 15 is 0 Å². The molecule has 0 N–H and O–H groups in total. The predicted octanol–water partition coefficient (Wildman–Crippen LogP) is 2.52. The quantitative estimate of drug-likeness (QED) is 0.742. The lowest BCUT2D eigenvalue weighted by atomic mass is 10.1. The third-order valence-electron chi connectivity index (χ3n) is 3.89. The van der Waals surface area contributed by atoms with Gasteiger partial charge in [0.2, 0.25) is 5.78 Å². The Morgan fingerprint density at radius 1 is 1.25 bits per heavy atom. The molecule has 1 unspecified atom stereocenters. The highest BCUT2D eigenvalue weighted by Gasteiger charge is 2.28. The number of hydrogen-bond donors (Lipinski definition) is 0. The number of thiazole rings is 1. The summed E-state index contributed by atoms with van der Waals surface area (Å²) in [5, 5.41) is 2.13.